The van der Waals surface area contributed by atoms with Gasteiger partial charge in [-0.3, -0.25) is 19.9 Å². The molecule has 144 valence electrons. The van der Waals surface area contributed by atoms with Crippen LogP contribution in [0.1, 0.15) is 13.3 Å². The molecule has 0 aliphatic carbocycles. The number of halogens is 1. The molecule has 0 spiro atoms. The normalized spacial score (nSPS) is 28.4. The number of imide groups is 1. The summed E-state index contributed by atoms with van der Waals surface area (Å²) in [6.45, 7) is 7.68. The molecule has 3 atom stereocenters. The van der Waals surface area contributed by atoms with Crippen molar-refractivity contribution in [2.24, 2.45) is 0 Å². The molecule has 0 saturated carbocycles. The summed E-state index contributed by atoms with van der Waals surface area (Å²) in [6.07, 6.45) is 0.523. The lowest BCUT2D eigenvalue weighted by atomic mass is 10.1. The van der Waals surface area contributed by atoms with Crippen LogP contribution in [0, 0.1) is 0 Å². The number of fused-ring (bicyclic) bond motifs is 3. The van der Waals surface area contributed by atoms with Crippen LogP contribution in [0.2, 0.25) is 0 Å². The highest BCUT2D eigenvalue weighted by atomic mass is 79.9. The van der Waals surface area contributed by atoms with Crippen LogP contribution in [0.25, 0.3) is 0 Å². The van der Waals surface area contributed by atoms with E-state index in [0.29, 0.717) is 0 Å². The number of urea groups is 1. The van der Waals surface area contributed by atoms with E-state index in [1.807, 2.05) is 19.1 Å². The van der Waals surface area contributed by atoms with Gasteiger partial charge in [0, 0.05) is 30.3 Å². The number of carbonyl (C=O) groups is 2. The molecule has 3 fully saturated rings. The summed E-state index contributed by atoms with van der Waals surface area (Å²) in [5, 5.41) is 3.52. The molecule has 27 heavy (non-hydrogen) atoms. The standard InChI is InChI=1S/C19H24BrN5O2/c1-12(2)11-25-17(26)15-16(22(3)19(25)27)21-18-23(9-4-10-24(15)18)14-7-5-13(20)6-8-14/h5-8,15-16,18,21H,1,4,9-11H2,2-3H3. The number of carbonyl (C=O) groups excluding carboxylic acids is 2. The number of likely N-dealkylation sites (N-methyl/N-ethyl adjacent to an activating group) is 1. The first-order valence-electron chi connectivity index (χ1n) is 9.15. The summed E-state index contributed by atoms with van der Waals surface area (Å²) in [5.74, 6) is -0.140. The van der Waals surface area contributed by atoms with Crippen LogP contribution < -0.4 is 10.2 Å². The van der Waals surface area contributed by atoms with E-state index >= 15 is 0 Å². The lowest BCUT2D eigenvalue weighted by Gasteiger charge is -2.44. The number of anilines is 1. The van der Waals surface area contributed by atoms with Gasteiger partial charge in [-0.2, -0.15) is 0 Å². The Morgan fingerprint density at radius 3 is 2.63 bits per heavy atom. The third-order valence-electron chi connectivity index (χ3n) is 5.46. The van der Waals surface area contributed by atoms with Crippen molar-refractivity contribution in [2.45, 2.75) is 31.8 Å². The Balaban J connectivity index is 1.65. The Morgan fingerprint density at radius 1 is 1.26 bits per heavy atom. The minimum atomic E-state index is -0.379. The summed E-state index contributed by atoms with van der Waals surface area (Å²) in [4.78, 5) is 33.3. The first-order valence-corrected chi connectivity index (χ1v) is 9.94. The van der Waals surface area contributed by atoms with Gasteiger partial charge in [-0.15, -0.1) is 0 Å². The molecule has 1 N–H and O–H groups in total. The van der Waals surface area contributed by atoms with E-state index in [1.54, 1.807) is 11.9 Å². The number of amides is 3. The minimum Gasteiger partial charge on any atom is -0.343 e. The van der Waals surface area contributed by atoms with Crippen molar-refractivity contribution in [1.82, 2.24) is 20.0 Å². The van der Waals surface area contributed by atoms with Crippen molar-refractivity contribution < 1.29 is 9.59 Å². The van der Waals surface area contributed by atoms with E-state index in [0.717, 1.165) is 35.2 Å². The summed E-state index contributed by atoms with van der Waals surface area (Å²) in [5.41, 5.74) is 1.89. The van der Waals surface area contributed by atoms with Crippen molar-refractivity contribution in [3.05, 3.63) is 40.9 Å². The maximum absolute atomic E-state index is 13.2. The smallest absolute Gasteiger partial charge is 0.328 e. The predicted octanol–water partition coefficient (Wildman–Crippen LogP) is 2.01. The maximum Gasteiger partial charge on any atom is 0.328 e. The van der Waals surface area contributed by atoms with Gasteiger partial charge in [0.1, 0.15) is 18.5 Å². The van der Waals surface area contributed by atoms with Crippen molar-refractivity contribution in [2.75, 3.05) is 31.6 Å². The Hall–Kier alpha value is -1.90. The summed E-state index contributed by atoms with van der Waals surface area (Å²) in [7, 11) is 1.76. The summed E-state index contributed by atoms with van der Waals surface area (Å²) >= 11 is 3.48. The molecule has 3 saturated heterocycles. The fourth-order valence-electron chi connectivity index (χ4n) is 4.23. The van der Waals surface area contributed by atoms with Crippen molar-refractivity contribution in [3.8, 4) is 0 Å². The molecule has 3 amide bonds. The van der Waals surface area contributed by atoms with Crippen LogP contribution in [-0.2, 0) is 4.79 Å². The zero-order valence-electron chi connectivity index (χ0n) is 15.6. The van der Waals surface area contributed by atoms with Gasteiger partial charge >= 0.3 is 6.03 Å². The van der Waals surface area contributed by atoms with E-state index in [-0.39, 0.29) is 37.0 Å². The van der Waals surface area contributed by atoms with Gasteiger partial charge in [0.25, 0.3) is 5.91 Å². The lowest BCUT2D eigenvalue weighted by Crippen LogP contribution is -2.66. The molecular formula is C19H24BrN5O2. The molecule has 1 aromatic carbocycles. The highest BCUT2D eigenvalue weighted by Gasteiger charge is 2.55. The number of benzene rings is 1. The summed E-state index contributed by atoms with van der Waals surface area (Å²) < 4.78 is 1.03. The van der Waals surface area contributed by atoms with Crippen LogP contribution >= 0.6 is 15.9 Å². The average molecular weight is 434 g/mol. The molecule has 4 rings (SSSR count). The summed E-state index contributed by atoms with van der Waals surface area (Å²) in [6, 6.07) is 7.53. The Morgan fingerprint density at radius 2 is 1.96 bits per heavy atom. The largest absolute Gasteiger partial charge is 0.343 e. The fraction of sp³-hybridized carbons (Fsp3) is 0.474. The van der Waals surface area contributed by atoms with Crippen molar-refractivity contribution >= 4 is 33.6 Å². The van der Waals surface area contributed by atoms with Crippen LogP contribution in [0.4, 0.5) is 10.5 Å². The third-order valence-corrected chi connectivity index (χ3v) is 5.98. The number of hydrogen-bond acceptors (Lipinski definition) is 5. The van der Waals surface area contributed by atoms with Gasteiger partial charge in [0.15, 0.2) is 0 Å². The molecule has 3 unspecified atom stereocenters. The number of hydrogen-bond donors (Lipinski definition) is 1. The lowest BCUT2D eigenvalue weighted by molar-refractivity contribution is -0.138. The first-order chi connectivity index (χ1) is 12.9. The minimum absolute atomic E-state index is 0.112. The van der Waals surface area contributed by atoms with Gasteiger partial charge in [0.2, 0.25) is 0 Å². The predicted molar refractivity (Wildman–Crippen MR) is 107 cm³/mol. The molecule has 0 bridgehead atoms. The Kier molecular flexibility index (Phi) is 4.73. The van der Waals surface area contributed by atoms with Crippen LogP contribution in [-0.4, -0.2) is 71.8 Å². The molecule has 1 aromatic rings. The zero-order valence-corrected chi connectivity index (χ0v) is 17.1. The van der Waals surface area contributed by atoms with Gasteiger partial charge in [-0.25, -0.2) is 4.79 Å². The van der Waals surface area contributed by atoms with E-state index in [4.69, 9.17) is 0 Å². The number of nitrogens with one attached hydrogen (secondary N) is 1. The molecule has 3 heterocycles. The quantitative estimate of drug-likeness (QED) is 0.738. The van der Waals surface area contributed by atoms with Gasteiger partial charge in [-0.05, 0) is 37.6 Å². The topological polar surface area (TPSA) is 59.1 Å². The molecule has 0 aromatic heterocycles. The van der Waals surface area contributed by atoms with E-state index in [9.17, 15) is 9.59 Å². The molecule has 7 nitrogen and oxygen atoms in total. The maximum atomic E-state index is 13.2. The second-order valence-electron chi connectivity index (χ2n) is 7.47. The van der Waals surface area contributed by atoms with Crippen LogP contribution in [0.15, 0.2) is 40.9 Å². The van der Waals surface area contributed by atoms with Crippen molar-refractivity contribution in [1.29, 1.82) is 0 Å². The SMILES string of the molecule is C=C(C)CN1C(=O)C2C(NC3N(c4ccc(Br)cc4)CCCN23)N(C)C1=O. The first kappa shape index (κ1) is 18.5. The highest BCUT2D eigenvalue weighted by Crippen LogP contribution is 2.33. The number of rotatable bonds is 3. The van der Waals surface area contributed by atoms with E-state index < -0.39 is 0 Å². The Bertz CT molecular complexity index is 783. The second kappa shape index (κ2) is 6.92. The molecule has 8 heteroatoms. The van der Waals surface area contributed by atoms with Gasteiger partial charge in [-0.1, -0.05) is 28.1 Å². The monoisotopic (exact) mass is 433 g/mol. The molecule has 3 aliphatic rings. The van der Waals surface area contributed by atoms with Crippen LogP contribution in [0.3, 0.4) is 0 Å². The highest BCUT2D eigenvalue weighted by molar-refractivity contribution is 9.10. The van der Waals surface area contributed by atoms with E-state index in [1.165, 1.54) is 4.90 Å². The molecular weight excluding hydrogens is 410 g/mol. The average Bonchev–Trinajstić information content (AvgIpc) is 3.04. The van der Waals surface area contributed by atoms with Gasteiger partial charge in [0.05, 0.1) is 6.54 Å². The molecule has 3 aliphatic heterocycles. The zero-order chi connectivity index (χ0) is 19.3. The number of nitrogens with zero attached hydrogens (tertiary/aromatic N) is 4. The van der Waals surface area contributed by atoms with Crippen molar-refractivity contribution in [3.63, 3.8) is 0 Å². The fourth-order valence-corrected chi connectivity index (χ4v) is 4.50. The molecule has 0 radical (unpaired) electrons. The van der Waals surface area contributed by atoms with Crippen LogP contribution in [0.5, 0.6) is 0 Å². The Labute approximate surface area is 167 Å². The third kappa shape index (κ3) is 3.05. The van der Waals surface area contributed by atoms with E-state index in [2.05, 4.69) is 49.8 Å². The van der Waals surface area contributed by atoms with Gasteiger partial charge < -0.3 is 9.80 Å². The second-order valence-corrected chi connectivity index (χ2v) is 8.38.